The summed E-state index contributed by atoms with van der Waals surface area (Å²) in [5, 5.41) is 11.7. The van der Waals surface area contributed by atoms with Crippen LogP contribution in [0, 0.1) is 12.3 Å². The largest absolute Gasteiger partial charge is 0.481 e. The van der Waals surface area contributed by atoms with Crippen molar-refractivity contribution in [3.05, 3.63) is 41.5 Å². The molecule has 1 aromatic carbocycles. The van der Waals surface area contributed by atoms with E-state index < -0.39 is 11.4 Å². The van der Waals surface area contributed by atoms with Gasteiger partial charge in [-0.3, -0.25) is 9.59 Å². The molecule has 2 N–H and O–H groups in total. The molecule has 1 amide bonds. The molecule has 0 spiro atoms. The van der Waals surface area contributed by atoms with E-state index in [9.17, 15) is 9.59 Å². The minimum absolute atomic E-state index is 0.121. The van der Waals surface area contributed by atoms with Crippen LogP contribution in [0.1, 0.15) is 31.4 Å². The van der Waals surface area contributed by atoms with Crippen LogP contribution in [0.3, 0.4) is 0 Å². The zero-order chi connectivity index (χ0) is 15.2. The minimum Gasteiger partial charge on any atom is -0.481 e. The van der Waals surface area contributed by atoms with Crippen LogP contribution in [0.5, 0.6) is 0 Å². The number of amides is 1. The lowest BCUT2D eigenvalue weighted by molar-refractivity contribution is -0.148. The van der Waals surface area contributed by atoms with Gasteiger partial charge in [-0.25, -0.2) is 0 Å². The number of carboxylic acid groups (broad SMARTS) is 1. The van der Waals surface area contributed by atoms with Crippen molar-refractivity contribution >= 4 is 18.0 Å². The molecule has 0 bridgehead atoms. The molecule has 0 aliphatic rings. The maximum atomic E-state index is 11.7. The first-order valence-electron chi connectivity index (χ1n) is 6.63. The van der Waals surface area contributed by atoms with E-state index in [1.165, 1.54) is 6.08 Å². The number of hydrogen-bond acceptors (Lipinski definition) is 2. The van der Waals surface area contributed by atoms with Gasteiger partial charge in [0.05, 0.1) is 5.41 Å². The molecule has 1 unspecified atom stereocenters. The normalized spacial score (nSPS) is 13.9. The highest BCUT2D eigenvalue weighted by atomic mass is 16.4. The first kappa shape index (κ1) is 16.0. The molecule has 1 atom stereocenters. The molecule has 0 aromatic heterocycles. The number of hydrogen-bond donors (Lipinski definition) is 2. The molecule has 0 fully saturated rings. The number of carboxylic acids is 1. The predicted octanol–water partition coefficient (Wildman–Crippen LogP) is 2.63. The van der Waals surface area contributed by atoms with Crippen molar-refractivity contribution in [1.82, 2.24) is 5.32 Å². The second kappa shape index (κ2) is 6.89. The fourth-order valence-electron chi connectivity index (χ4n) is 1.64. The van der Waals surface area contributed by atoms with Crippen molar-refractivity contribution in [2.24, 2.45) is 5.41 Å². The van der Waals surface area contributed by atoms with Crippen LogP contribution in [0.4, 0.5) is 0 Å². The van der Waals surface area contributed by atoms with Crippen LogP contribution in [-0.4, -0.2) is 23.5 Å². The van der Waals surface area contributed by atoms with Gasteiger partial charge in [0, 0.05) is 12.6 Å². The lowest BCUT2D eigenvalue weighted by atomic mass is 9.88. The molecule has 0 aliphatic heterocycles. The molecule has 108 valence electrons. The van der Waals surface area contributed by atoms with Gasteiger partial charge >= 0.3 is 5.97 Å². The maximum absolute atomic E-state index is 11.7. The van der Waals surface area contributed by atoms with E-state index in [4.69, 9.17) is 5.11 Å². The first-order valence-corrected chi connectivity index (χ1v) is 6.63. The quantitative estimate of drug-likeness (QED) is 0.784. The van der Waals surface area contributed by atoms with E-state index in [2.05, 4.69) is 5.32 Å². The number of benzene rings is 1. The van der Waals surface area contributed by atoms with Crippen LogP contribution in [0.15, 0.2) is 30.3 Å². The van der Waals surface area contributed by atoms with Crippen molar-refractivity contribution in [2.75, 3.05) is 6.54 Å². The second-order valence-corrected chi connectivity index (χ2v) is 5.18. The topological polar surface area (TPSA) is 66.4 Å². The van der Waals surface area contributed by atoms with Crippen LogP contribution in [0.25, 0.3) is 6.08 Å². The van der Waals surface area contributed by atoms with Crippen LogP contribution >= 0.6 is 0 Å². The highest BCUT2D eigenvalue weighted by Gasteiger charge is 2.31. The van der Waals surface area contributed by atoms with Crippen LogP contribution < -0.4 is 5.32 Å². The predicted molar refractivity (Wildman–Crippen MR) is 79.3 cm³/mol. The molecule has 0 saturated heterocycles. The van der Waals surface area contributed by atoms with E-state index in [1.54, 1.807) is 19.9 Å². The highest BCUT2D eigenvalue weighted by Crippen LogP contribution is 2.19. The van der Waals surface area contributed by atoms with Crippen molar-refractivity contribution < 1.29 is 14.7 Å². The van der Waals surface area contributed by atoms with Crippen LogP contribution in [0.2, 0.25) is 0 Å². The molecule has 0 radical (unpaired) electrons. The molecule has 4 nitrogen and oxygen atoms in total. The lowest BCUT2D eigenvalue weighted by Crippen LogP contribution is -2.40. The Morgan fingerprint density at radius 3 is 2.65 bits per heavy atom. The Labute approximate surface area is 119 Å². The fraction of sp³-hybridized carbons (Fsp3) is 0.375. The van der Waals surface area contributed by atoms with E-state index in [-0.39, 0.29) is 12.5 Å². The monoisotopic (exact) mass is 275 g/mol. The smallest absolute Gasteiger partial charge is 0.311 e. The molecule has 0 saturated carbocycles. The number of rotatable bonds is 6. The number of nitrogens with one attached hydrogen (secondary N) is 1. The first-order chi connectivity index (χ1) is 9.37. The SMILES string of the molecule is CCC(C)(CNC(=O)/C=C/c1cccc(C)c1)C(=O)O. The standard InChI is InChI=1S/C16H21NO3/c1-4-16(3,15(19)20)11-17-14(18)9-8-13-7-5-6-12(2)10-13/h5-10H,4,11H2,1-3H3,(H,17,18)(H,19,20)/b9-8+. The van der Waals surface area contributed by atoms with Gasteiger partial charge in [0.25, 0.3) is 0 Å². The third-order valence-corrected chi connectivity index (χ3v) is 3.42. The number of aliphatic carboxylic acids is 1. The van der Waals surface area contributed by atoms with E-state index >= 15 is 0 Å². The van der Waals surface area contributed by atoms with Gasteiger partial charge < -0.3 is 10.4 Å². The third kappa shape index (κ3) is 4.53. The lowest BCUT2D eigenvalue weighted by Gasteiger charge is -2.22. The summed E-state index contributed by atoms with van der Waals surface area (Å²) in [5.74, 6) is -1.18. The van der Waals surface area contributed by atoms with Crippen LogP contribution in [-0.2, 0) is 9.59 Å². The summed E-state index contributed by atoms with van der Waals surface area (Å²) in [4.78, 5) is 22.8. The highest BCUT2D eigenvalue weighted by molar-refractivity contribution is 5.92. The number of aryl methyl sites for hydroxylation is 1. The molecule has 20 heavy (non-hydrogen) atoms. The van der Waals surface area contributed by atoms with Gasteiger partial charge in [-0.05, 0) is 31.9 Å². The van der Waals surface area contributed by atoms with Crippen molar-refractivity contribution in [2.45, 2.75) is 27.2 Å². The molecule has 0 aliphatic carbocycles. The summed E-state index contributed by atoms with van der Waals surface area (Å²) in [5.41, 5.74) is 1.14. The summed E-state index contributed by atoms with van der Waals surface area (Å²) in [6.45, 7) is 5.52. The van der Waals surface area contributed by atoms with Gasteiger partial charge in [-0.2, -0.15) is 0 Å². The van der Waals surface area contributed by atoms with Gasteiger partial charge in [0.1, 0.15) is 0 Å². The van der Waals surface area contributed by atoms with E-state index in [0.29, 0.717) is 6.42 Å². The van der Waals surface area contributed by atoms with Crippen molar-refractivity contribution in [1.29, 1.82) is 0 Å². The fourth-order valence-corrected chi connectivity index (χ4v) is 1.64. The maximum Gasteiger partial charge on any atom is 0.311 e. The van der Waals surface area contributed by atoms with Gasteiger partial charge in [0.2, 0.25) is 5.91 Å². The number of carbonyl (C=O) groups is 2. The average Bonchev–Trinajstić information content (AvgIpc) is 2.42. The zero-order valence-corrected chi connectivity index (χ0v) is 12.1. The zero-order valence-electron chi connectivity index (χ0n) is 12.1. The summed E-state index contributed by atoms with van der Waals surface area (Å²) < 4.78 is 0. The summed E-state index contributed by atoms with van der Waals surface area (Å²) in [6, 6.07) is 7.78. The Kier molecular flexibility index (Phi) is 5.50. The second-order valence-electron chi connectivity index (χ2n) is 5.18. The van der Waals surface area contributed by atoms with E-state index in [1.807, 2.05) is 31.2 Å². The Morgan fingerprint density at radius 2 is 2.10 bits per heavy atom. The molecule has 1 aromatic rings. The number of carbonyl (C=O) groups excluding carboxylic acids is 1. The molecular formula is C16H21NO3. The summed E-state index contributed by atoms with van der Waals surface area (Å²) in [6.07, 6.45) is 3.60. The van der Waals surface area contributed by atoms with Crippen molar-refractivity contribution in [3.63, 3.8) is 0 Å². The van der Waals surface area contributed by atoms with Gasteiger partial charge in [-0.15, -0.1) is 0 Å². The van der Waals surface area contributed by atoms with E-state index in [0.717, 1.165) is 11.1 Å². The Morgan fingerprint density at radius 1 is 1.40 bits per heavy atom. The minimum atomic E-state index is -0.924. The Hall–Kier alpha value is -2.10. The average molecular weight is 275 g/mol. The Bertz CT molecular complexity index is 522. The van der Waals surface area contributed by atoms with Gasteiger partial charge in [0.15, 0.2) is 0 Å². The van der Waals surface area contributed by atoms with Gasteiger partial charge in [-0.1, -0.05) is 36.8 Å². The molecule has 1 rings (SSSR count). The van der Waals surface area contributed by atoms with Crippen molar-refractivity contribution in [3.8, 4) is 0 Å². The summed E-state index contributed by atoms with van der Waals surface area (Å²) in [7, 11) is 0. The Balaban J connectivity index is 2.58. The molecule has 4 heteroatoms. The summed E-state index contributed by atoms with van der Waals surface area (Å²) >= 11 is 0. The molecular weight excluding hydrogens is 254 g/mol. The third-order valence-electron chi connectivity index (χ3n) is 3.42. The molecule has 0 heterocycles.